The average Bonchev–Trinajstić information content (AvgIpc) is 2.42. The first-order valence-corrected chi connectivity index (χ1v) is 6.85. The largest absolute Gasteiger partial charge is 0.478 e. The molecule has 4 nitrogen and oxygen atoms in total. The van der Waals surface area contributed by atoms with Crippen molar-refractivity contribution in [2.45, 2.75) is 13.8 Å². The van der Waals surface area contributed by atoms with Gasteiger partial charge < -0.3 is 15.7 Å². The first-order valence-electron chi connectivity index (χ1n) is 6.44. The van der Waals surface area contributed by atoms with E-state index in [0.29, 0.717) is 10.8 Å². The van der Waals surface area contributed by atoms with Gasteiger partial charge in [0.2, 0.25) is 0 Å². The topological polar surface area (TPSA) is 61.4 Å². The summed E-state index contributed by atoms with van der Waals surface area (Å²) in [5.74, 6) is -0.966. The average molecular weight is 300 g/mol. The molecule has 0 bridgehead atoms. The predicted octanol–water partition coefficient (Wildman–Crippen LogP) is 3.81. The molecule has 2 rings (SSSR count). The van der Waals surface area contributed by atoms with Gasteiger partial charge in [-0.25, -0.2) is 4.79 Å². The number of aryl methyl sites for hydroxylation is 2. The molecule has 0 atom stereocenters. The van der Waals surface area contributed by atoms with E-state index in [1.807, 2.05) is 26.0 Å². The first kappa shape index (κ1) is 15.0. The highest BCUT2D eigenvalue weighted by atomic mass is 32.1. The van der Waals surface area contributed by atoms with Crippen molar-refractivity contribution in [3.63, 3.8) is 0 Å². The summed E-state index contributed by atoms with van der Waals surface area (Å²) in [6.45, 7) is 4.04. The molecule has 0 unspecified atom stereocenters. The van der Waals surface area contributed by atoms with Crippen LogP contribution in [0.1, 0.15) is 21.5 Å². The first-order chi connectivity index (χ1) is 9.95. The van der Waals surface area contributed by atoms with Crippen molar-refractivity contribution in [3.05, 3.63) is 59.2 Å². The van der Waals surface area contributed by atoms with Gasteiger partial charge in [0.25, 0.3) is 0 Å². The molecule has 0 aliphatic rings. The van der Waals surface area contributed by atoms with E-state index in [1.54, 1.807) is 12.1 Å². The van der Waals surface area contributed by atoms with Crippen molar-refractivity contribution >= 4 is 34.7 Å². The zero-order valence-corrected chi connectivity index (χ0v) is 12.6. The second-order valence-corrected chi connectivity index (χ2v) is 5.19. The Morgan fingerprint density at radius 2 is 1.86 bits per heavy atom. The van der Waals surface area contributed by atoms with Crippen LogP contribution in [0.2, 0.25) is 0 Å². The normalized spacial score (nSPS) is 10.0. The molecular weight excluding hydrogens is 284 g/mol. The summed E-state index contributed by atoms with van der Waals surface area (Å²) in [6, 6.07) is 12.5. The van der Waals surface area contributed by atoms with E-state index in [-0.39, 0.29) is 5.56 Å². The molecule has 3 N–H and O–H groups in total. The molecule has 0 aromatic heterocycles. The third-order valence-corrected chi connectivity index (χ3v) is 3.20. The lowest BCUT2D eigenvalue weighted by atomic mass is 10.1. The molecule has 0 radical (unpaired) electrons. The summed E-state index contributed by atoms with van der Waals surface area (Å²) in [4.78, 5) is 10.9. The van der Waals surface area contributed by atoms with Crippen molar-refractivity contribution in [1.29, 1.82) is 0 Å². The molecule has 0 heterocycles. The third-order valence-electron chi connectivity index (χ3n) is 3.00. The fraction of sp³-hybridized carbons (Fsp3) is 0.125. The highest BCUT2D eigenvalue weighted by Gasteiger charge is 2.05. The van der Waals surface area contributed by atoms with Gasteiger partial charge in [0.1, 0.15) is 0 Å². The van der Waals surface area contributed by atoms with E-state index < -0.39 is 5.97 Å². The molecule has 21 heavy (non-hydrogen) atoms. The summed E-state index contributed by atoms with van der Waals surface area (Å²) in [6.07, 6.45) is 0. The van der Waals surface area contributed by atoms with Crippen LogP contribution in [0.5, 0.6) is 0 Å². The number of carboxylic acid groups (broad SMARTS) is 1. The van der Waals surface area contributed by atoms with Crippen LogP contribution in [0, 0.1) is 13.8 Å². The maximum atomic E-state index is 10.9. The number of thiocarbonyl (C=S) groups is 1. The molecule has 2 aromatic carbocycles. The van der Waals surface area contributed by atoms with Crippen LogP contribution in [0.25, 0.3) is 0 Å². The van der Waals surface area contributed by atoms with Crippen LogP contribution in [-0.2, 0) is 0 Å². The molecule has 0 aliphatic carbocycles. The Morgan fingerprint density at radius 1 is 1.10 bits per heavy atom. The summed E-state index contributed by atoms with van der Waals surface area (Å²) >= 11 is 5.25. The number of hydrogen-bond acceptors (Lipinski definition) is 2. The molecule has 0 amide bonds. The maximum Gasteiger partial charge on any atom is 0.335 e. The molecule has 0 spiro atoms. The maximum absolute atomic E-state index is 10.9. The molecule has 0 fully saturated rings. The number of carbonyl (C=O) groups is 1. The van der Waals surface area contributed by atoms with Gasteiger partial charge >= 0.3 is 5.97 Å². The zero-order chi connectivity index (χ0) is 15.4. The lowest BCUT2D eigenvalue weighted by Gasteiger charge is -2.13. The standard InChI is InChI=1S/C16H16N2O2S/c1-10-6-7-14(11(2)8-10)18-16(21)17-13-5-3-4-12(9-13)15(19)20/h3-9H,1-2H3,(H,19,20)(H2,17,18,21). The van der Waals surface area contributed by atoms with Gasteiger partial charge in [0, 0.05) is 11.4 Å². The molecule has 0 saturated carbocycles. The number of benzene rings is 2. The number of nitrogens with one attached hydrogen (secondary N) is 2. The van der Waals surface area contributed by atoms with Crippen molar-refractivity contribution in [2.75, 3.05) is 10.6 Å². The van der Waals surface area contributed by atoms with Crippen molar-refractivity contribution in [1.82, 2.24) is 0 Å². The van der Waals surface area contributed by atoms with Gasteiger partial charge in [-0.15, -0.1) is 0 Å². The predicted molar refractivity (Wildman–Crippen MR) is 89.2 cm³/mol. The number of aromatic carboxylic acids is 1. The van der Waals surface area contributed by atoms with E-state index >= 15 is 0 Å². The highest BCUT2D eigenvalue weighted by Crippen LogP contribution is 2.17. The Bertz CT molecular complexity index is 698. The summed E-state index contributed by atoms with van der Waals surface area (Å²) in [5, 5.41) is 15.5. The van der Waals surface area contributed by atoms with E-state index in [1.165, 1.54) is 17.7 Å². The quantitative estimate of drug-likeness (QED) is 0.752. The van der Waals surface area contributed by atoms with Crippen LogP contribution in [0.4, 0.5) is 11.4 Å². The summed E-state index contributed by atoms with van der Waals surface area (Å²) in [7, 11) is 0. The Labute approximate surface area is 128 Å². The molecule has 2 aromatic rings. The highest BCUT2D eigenvalue weighted by molar-refractivity contribution is 7.80. The fourth-order valence-corrected chi connectivity index (χ4v) is 2.20. The second kappa shape index (κ2) is 6.37. The van der Waals surface area contributed by atoms with Crippen molar-refractivity contribution in [2.24, 2.45) is 0 Å². The van der Waals surface area contributed by atoms with Gasteiger partial charge in [0.15, 0.2) is 5.11 Å². The molecule has 5 heteroatoms. The molecule has 0 saturated heterocycles. The van der Waals surface area contributed by atoms with Gasteiger partial charge in [-0.05, 0) is 55.9 Å². The Kier molecular flexibility index (Phi) is 4.55. The monoisotopic (exact) mass is 300 g/mol. The smallest absolute Gasteiger partial charge is 0.335 e. The minimum Gasteiger partial charge on any atom is -0.478 e. The van der Waals surface area contributed by atoms with Crippen LogP contribution in [0.3, 0.4) is 0 Å². The van der Waals surface area contributed by atoms with Gasteiger partial charge in [0.05, 0.1) is 5.56 Å². The molecule has 0 aliphatic heterocycles. The number of anilines is 2. The van der Waals surface area contributed by atoms with Crippen molar-refractivity contribution in [3.8, 4) is 0 Å². The Hall–Kier alpha value is -2.40. The van der Waals surface area contributed by atoms with Crippen LogP contribution in [0.15, 0.2) is 42.5 Å². The van der Waals surface area contributed by atoms with Crippen LogP contribution >= 0.6 is 12.2 Å². The van der Waals surface area contributed by atoms with Gasteiger partial charge in [-0.3, -0.25) is 0 Å². The minimum absolute atomic E-state index is 0.217. The van der Waals surface area contributed by atoms with Crippen LogP contribution in [-0.4, -0.2) is 16.2 Å². The van der Waals surface area contributed by atoms with E-state index in [2.05, 4.69) is 16.7 Å². The molecule has 108 valence electrons. The minimum atomic E-state index is -0.966. The third kappa shape index (κ3) is 4.03. The fourth-order valence-electron chi connectivity index (χ4n) is 1.97. The summed E-state index contributed by atoms with van der Waals surface area (Å²) < 4.78 is 0. The molecular formula is C16H16N2O2S. The van der Waals surface area contributed by atoms with Gasteiger partial charge in [-0.2, -0.15) is 0 Å². The Balaban J connectivity index is 2.08. The van der Waals surface area contributed by atoms with Crippen LogP contribution < -0.4 is 10.6 Å². The second-order valence-electron chi connectivity index (χ2n) is 4.78. The lowest BCUT2D eigenvalue weighted by Crippen LogP contribution is -2.19. The van der Waals surface area contributed by atoms with E-state index in [4.69, 9.17) is 17.3 Å². The van der Waals surface area contributed by atoms with E-state index in [0.717, 1.165) is 11.3 Å². The van der Waals surface area contributed by atoms with Crippen molar-refractivity contribution < 1.29 is 9.90 Å². The number of rotatable bonds is 3. The van der Waals surface area contributed by atoms with E-state index in [9.17, 15) is 4.79 Å². The lowest BCUT2D eigenvalue weighted by molar-refractivity contribution is 0.0697. The van der Waals surface area contributed by atoms with Gasteiger partial charge in [-0.1, -0.05) is 23.8 Å². The number of hydrogen-bond donors (Lipinski definition) is 3. The zero-order valence-electron chi connectivity index (χ0n) is 11.8. The Morgan fingerprint density at radius 3 is 2.52 bits per heavy atom. The SMILES string of the molecule is Cc1ccc(NC(=S)Nc2cccc(C(=O)O)c2)c(C)c1. The number of carboxylic acids is 1. The summed E-state index contributed by atoms with van der Waals surface area (Å²) in [5.41, 5.74) is 4.06.